The number of pyridine rings is 1. The fraction of sp³-hybridized carbons (Fsp3) is 0.179. The van der Waals surface area contributed by atoms with Gasteiger partial charge in [0.2, 0.25) is 5.95 Å². The van der Waals surface area contributed by atoms with Gasteiger partial charge in [0, 0.05) is 36.6 Å². The summed E-state index contributed by atoms with van der Waals surface area (Å²) in [5.74, 6) is 0.390. The maximum atomic E-state index is 13.4. The van der Waals surface area contributed by atoms with Gasteiger partial charge in [-0.3, -0.25) is 9.78 Å². The Morgan fingerprint density at radius 1 is 1.00 bits per heavy atom. The second-order valence-corrected chi connectivity index (χ2v) is 9.56. The summed E-state index contributed by atoms with van der Waals surface area (Å²) in [5.41, 5.74) is 5.51. The number of hydrogen-bond donors (Lipinski definition) is 2. The van der Waals surface area contributed by atoms with Crippen LogP contribution in [0.3, 0.4) is 0 Å². The van der Waals surface area contributed by atoms with Gasteiger partial charge in [0.25, 0.3) is 5.56 Å². The SMILES string of the molecule is CC1(C)CNCc2cc(Nc3ncc4c(=O)n(-c5ccccc5)nc(-c5ccccn5)c4n3)ccc21. The summed E-state index contributed by atoms with van der Waals surface area (Å²) < 4.78 is 1.38. The van der Waals surface area contributed by atoms with Gasteiger partial charge in [0.05, 0.1) is 16.8 Å². The Kier molecular flexibility index (Phi) is 5.30. The van der Waals surface area contributed by atoms with Gasteiger partial charge in [-0.2, -0.15) is 9.78 Å². The molecule has 178 valence electrons. The largest absolute Gasteiger partial charge is 0.324 e. The molecule has 1 aliphatic heterocycles. The van der Waals surface area contributed by atoms with E-state index in [0.717, 1.165) is 18.8 Å². The predicted molar refractivity (Wildman–Crippen MR) is 141 cm³/mol. The Balaban J connectivity index is 1.47. The van der Waals surface area contributed by atoms with E-state index in [1.165, 1.54) is 15.8 Å². The first-order valence-electron chi connectivity index (χ1n) is 11.9. The highest BCUT2D eigenvalue weighted by Crippen LogP contribution is 2.32. The smallest absolute Gasteiger partial charge is 0.282 e. The molecule has 8 nitrogen and oxygen atoms in total. The zero-order valence-electron chi connectivity index (χ0n) is 20.1. The molecule has 2 aromatic carbocycles. The van der Waals surface area contributed by atoms with Crippen LogP contribution in [-0.2, 0) is 12.0 Å². The minimum atomic E-state index is -0.287. The molecule has 36 heavy (non-hydrogen) atoms. The molecule has 8 heteroatoms. The van der Waals surface area contributed by atoms with Gasteiger partial charge in [-0.15, -0.1) is 0 Å². The van der Waals surface area contributed by atoms with Crippen LogP contribution in [0, 0.1) is 0 Å². The van der Waals surface area contributed by atoms with E-state index in [1.807, 2.05) is 54.6 Å². The average molecular weight is 476 g/mol. The van der Waals surface area contributed by atoms with Crippen LogP contribution in [0.25, 0.3) is 28.0 Å². The number of hydrogen-bond acceptors (Lipinski definition) is 7. The monoisotopic (exact) mass is 475 g/mol. The van der Waals surface area contributed by atoms with Crippen molar-refractivity contribution in [3.63, 3.8) is 0 Å². The summed E-state index contributed by atoms with van der Waals surface area (Å²) in [6, 6.07) is 21.2. The van der Waals surface area contributed by atoms with Gasteiger partial charge in [-0.05, 0) is 47.5 Å². The number of aromatic nitrogens is 5. The zero-order chi connectivity index (χ0) is 24.7. The quantitative estimate of drug-likeness (QED) is 0.399. The fourth-order valence-corrected chi connectivity index (χ4v) is 4.72. The molecule has 5 aromatic rings. The lowest BCUT2D eigenvalue weighted by molar-refractivity contribution is 0.435. The minimum absolute atomic E-state index is 0.0769. The molecule has 0 spiro atoms. The average Bonchev–Trinajstić information content (AvgIpc) is 2.90. The van der Waals surface area contributed by atoms with E-state index in [9.17, 15) is 4.79 Å². The summed E-state index contributed by atoms with van der Waals surface area (Å²) >= 11 is 0. The topological polar surface area (TPSA) is 97.6 Å². The lowest BCUT2D eigenvalue weighted by atomic mass is 9.79. The molecule has 0 unspecified atom stereocenters. The molecule has 0 atom stereocenters. The van der Waals surface area contributed by atoms with E-state index in [-0.39, 0.29) is 11.0 Å². The highest BCUT2D eigenvalue weighted by atomic mass is 16.1. The van der Waals surface area contributed by atoms with Crippen molar-refractivity contribution >= 4 is 22.5 Å². The molecule has 0 radical (unpaired) electrons. The van der Waals surface area contributed by atoms with Crippen LogP contribution in [0.15, 0.2) is 83.9 Å². The van der Waals surface area contributed by atoms with Gasteiger partial charge in [-0.25, -0.2) is 9.97 Å². The Bertz CT molecular complexity index is 1630. The van der Waals surface area contributed by atoms with E-state index in [1.54, 1.807) is 12.4 Å². The summed E-state index contributed by atoms with van der Waals surface area (Å²) in [6.07, 6.45) is 3.26. The van der Waals surface area contributed by atoms with Crippen LogP contribution in [0.5, 0.6) is 0 Å². The first kappa shape index (κ1) is 22.1. The normalized spacial score (nSPS) is 14.4. The second kappa shape index (κ2) is 8.66. The number of para-hydroxylation sites is 1. The molecular formula is C28H25N7O. The predicted octanol–water partition coefficient (Wildman–Crippen LogP) is 4.36. The van der Waals surface area contributed by atoms with Crippen molar-refractivity contribution in [2.75, 3.05) is 11.9 Å². The Morgan fingerprint density at radius 3 is 2.64 bits per heavy atom. The fourth-order valence-electron chi connectivity index (χ4n) is 4.72. The van der Waals surface area contributed by atoms with Crippen molar-refractivity contribution in [1.82, 2.24) is 30.0 Å². The van der Waals surface area contributed by atoms with E-state index >= 15 is 0 Å². The Hall–Kier alpha value is -4.43. The van der Waals surface area contributed by atoms with Crippen LogP contribution in [-0.4, -0.2) is 31.3 Å². The Labute approximate surface area is 208 Å². The van der Waals surface area contributed by atoms with E-state index in [4.69, 9.17) is 4.98 Å². The van der Waals surface area contributed by atoms with Crippen molar-refractivity contribution in [1.29, 1.82) is 0 Å². The molecule has 1 aliphatic rings. The van der Waals surface area contributed by atoms with E-state index < -0.39 is 0 Å². The molecule has 0 amide bonds. The van der Waals surface area contributed by atoms with Crippen molar-refractivity contribution in [3.05, 3.63) is 101 Å². The molecule has 0 saturated carbocycles. The number of fused-ring (bicyclic) bond motifs is 2. The van der Waals surface area contributed by atoms with Crippen LogP contribution in [0.1, 0.15) is 25.0 Å². The minimum Gasteiger partial charge on any atom is -0.324 e. The van der Waals surface area contributed by atoms with Crippen molar-refractivity contribution in [2.45, 2.75) is 25.8 Å². The summed E-state index contributed by atoms with van der Waals surface area (Å²) in [7, 11) is 0. The molecule has 3 aromatic heterocycles. The third-order valence-corrected chi connectivity index (χ3v) is 6.52. The molecule has 4 heterocycles. The Morgan fingerprint density at radius 2 is 1.83 bits per heavy atom. The van der Waals surface area contributed by atoms with Crippen LogP contribution >= 0.6 is 0 Å². The molecule has 0 aliphatic carbocycles. The van der Waals surface area contributed by atoms with Crippen molar-refractivity contribution in [3.8, 4) is 17.1 Å². The number of rotatable bonds is 4. The maximum absolute atomic E-state index is 13.4. The van der Waals surface area contributed by atoms with Crippen LogP contribution in [0.2, 0.25) is 0 Å². The highest BCUT2D eigenvalue weighted by molar-refractivity contribution is 5.90. The number of nitrogens with zero attached hydrogens (tertiary/aromatic N) is 5. The third kappa shape index (κ3) is 3.91. The molecule has 0 bridgehead atoms. The molecule has 0 saturated heterocycles. The number of anilines is 2. The molecule has 2 N–H and O–H groups in total. The summed E-state index contributed by atoms with van der Waals surface area (Å²) in [4.78, 5) is 27.1. The van der Waals surface area contributed by atoms with Gasteiger partial charge in [0.1, 0.15) is 11.2 Å². The number of benzene rings is 2. The first-order valence-corrected chi connectivity index (χ1v) is 11.9. The van der Waals surface area contributed by atoms with Gasteiger partial charge in [-0.1, -0.05) is 44.2 Å². The standard InChI is InChI=1S/C28H25N7O/c1-28(2)17-29-15-18-14-19(11-12-22(18)28)32-27-31-16-21-24(33-27)25(23-10-6-7-13-30-23)34-35(26(21)36)20-8-4-3-5-9-20/h3-14,16,29H,15,17H2,1-2H3,(H,31,32,33). The van der Waals surface area contributed by atoms with Gasteiger partial charge < -0.3 is 10.6 Å². The summed E-state index contributed by atoms with van der Waals surface area (Å²) in [6.45, 7) is 6.25. The van der Waals surface area contributed by atoms with Crippen molar-refractivity contribution in [2.24, 2.45) is 0 Å². The van der Waals surface area contributed by atoms with Crippen LogP contribution < -0.4 is 16.2 Å². The van der Waals surface area contributed by atoms with Gasteiger partial charge >= 0.3 is 0 Å². The lowest BCUT2D eigenvalue weighted by Crippen LogP contribution is -2.38. The zero-order valence-corrected chi connectivity index (χ0v) is 20.1. The molecular weight excluding hydrogens is 450 g/mol. The molecule has 6 rings (SSSR count). The second-order valence-electron chi connectivity index (χ2n) is 9.56. The first-order chi connectivity index (χ1) is 17.5. The molecule has 0 fully saturated rings. The number of nitrogens with one attached hydrogen (secondary N) is 2. The summed E-state index contributed by atoms with van der Waals surface area (Å²) in [5, 5.41) is 11.8. The van der Waals surface area contributed by atoms with Crippen molar-refractivity contribution < 1.29 is 0 Å². The maximum Gasteiger partial charge on any atom is 0.282 e. The van der Waals surface area contributed by atoms with E-state index in [2.05, 4.69) is 51.7 Å². The van der Waals surface area contributed by atoms with E-state index in [0.29, 0.717) is 33.9 Å². The lowest BCUT2D eigenvalue weighted by Gasteiger charge is -2.33. The van der Waals surface area contributed by atoms with Gasteiger partial charge in [0.15, 0.2) is 0 Å². The highest BCUT2D eigenvalue weighted by Gasteiger charge is 2.27. The third-order valence-electron chi connectivity index (χ3n) is 6.52. The van der Waals surface area contributed by atoms with Crippen LogP contribution in [0.4, 0.5) is 11.6 Å².